The number of fused-ring (bicyclic) bond motifs is 1. The summed E-state index contributed by atoms with van der Waals surface area (Å²) in [5.74, 6) is 14.3. The van der Waals surface area contributed by atoms with Gasteiger partial charge in [-0.3, -0.25) is 0 Å². The average Bonchev–Trinajstić information content (AvgIpc) is 2.81. The second-order valence-corrected chi connectivity index (χ2v) is 6.74. The Morgan fingerprint density at radius 2 is 0.967 bits per heavy atom. The molecule has 0 unspecified atom stereocenters. The van der Waals surface area contributed by atoms with Crippen molar-refractivity contribution in [1.82, 2.24) is 0 Å². The Morgan fingerprint density at radius 1 is 0.467 bits per heavy atom. The quantitative estimate of drug-likeness (QED) is 0.413. The monoisotopic (exact) mass is 388 g/mol. The lowest BCUT2D eigenvalue weighted by molar-refractivity contribution is 0.394. The van der Waals surface area contributed by atoms with E-state index in [9.17, 15) is 0 Å². The molecule has 0 radical (unpaired) electrons. The molecule has 0 spiro atoms. The van der Waals surface area contributed by atoms with Gasteiger partial charge in [0, 0.05) is 28.3 Å². The number of hydrogen-bond acceptors (Lipinski definition) is 2. The van der Waals surface area contributed by atoms with E-state index in [-0.39, 0.29) is 0 Å². The van der Waals surface area contributed by atoms with E-state index in [1.54, 1.807) is 14.2 Å². The Labute approximate surface area is 177 Å². The van der Waals surface area contributed by atoms with Gasteiger partial charge < -0.3 is 9.47 Å². The standard InChI is InChI=1S/C28H20O2/c1-29-27-18-24(19-28(20-27)30-2)11-10-23-13-15-25-16-22(12-14-26(25)17-23)9-8-21-6-4-3-5-7-21/h3-7,12-20H,1-2H3. The van der Waals surface area contributed by atoms with E-state index in [1.165, 1.54) is 0 Å². The summed E-state index contributed by atoms with van der Waals surface area (Å²) in [4.78, 5) is 0. The first kappa shape index (κ1) is 19.2. The summed E-state index contributed by atoms with van der Waals surface area (Å²) in [6.45, 7) is 0. The lowest BCUT2D eigenvalue weighted by atomic mass is 10.0. The van der Waals surface area contributed by atoms with E-state index < -0.39 is 0 Å². The lowest BCUT2D eigenvalue weighted by Gasteiger charge is -2.04. The minimum absolute atomic E-state index is 0.723. The van der Waals surface area contributed by atoms with Crippen LogP contribution in [0.25, 0.3) is 10.8 Å². The fourth-order valence-corrected chi connectivity index (χ4v) is 3.09. The van der Waals surface area contributed by atoms with Gasteiger partial charge in [-0.25, -0.2) is 0 Å². The molecule has 4 aromatic carbocycles. The van der Waals surface area contributed by atoms with Crippen molar-refractivity contribution in [3.05, 3.63) is 107 Å². The molecule has 4 rings (SSSR count). The second kappa shape index (κ2) is 8.91. The molecule has 0 aliphatic carbocycles. The van der Waals surface area contributed by atoms with Gasteiger partial charge >= 0.3 is 0 Å². The van der Waals surface area contributed by atoms with E-state index in [4.69, 9.17) is 9.47 Å². The molecule has 4 aromatic rings. The third-order valence-corrected chi connectivity index (χ3v) is 4.67. The minimum atomic E-state index is 0.723. The third kappa shape index (κ3) is 4.64. The van der Waals surface area contributed by atoms with Gasteiger partial charge in [0.05, 0.1) is 14.2 Å². The van der Waals surface area contributed by atoms with Gasteiger partial charge in [-0.1, -0.05) is 54.0 Å². The van der Waals surface area contributed by atoms with Crippen molar-refractivity contribution in [1.29, 1.82) is 0 Å². The molecule has 2 heteroatoms. The Bertz CT molecular complexity index is 1290. The normalized spacial score (nSPS) is 9.80. The van der Waals surface area contributed by atoms with Crippen LogP contribution in [0.15, 0.2) is 84.9 Å². The van der Waals surface area contributed by atoms with Crippen molar-refractivity contribution in [3.8, 4) is 35.2 Å². The predicted molar refractivity (Wildman–Crippen MR) is 122 cm³/mol. The van der Waals surface area contributed by atoms with Crippen LogP contribution in [-0.2, 0) is 0 Å². The third-order valence-electron chi connectivity index (χ3n) is 4.67. The van der Waals surface area contributed by atoms with Crippen molar-refractivity contribution >= 4 is 10.8 Å². The van der Waals surface area contributed by atoms with Crippen LogP contribution in [-0.4, -0.2) is 14.2 Å². The first-order chi connectivity index (χ1) is 14.7. The van der Waals surface area contributed by atoms with Gasteiger partial charge in [0.25, 0.3) is 0 Å². The maximum absolute atomic E-state index is 5.31. The SMILES string of the molecule is COc1cc(C#Cc2ccc3cc(C#Cc4ccccc4)ccc3c2)cc(OC)c1. The smallest absolute Gasteiger partial charge is 0.123 e. The molecule has 30 heavy (non-hydrogen) atoms. The molecule has 2 nitrogen and oxygen atoms in total. The zero-order valence-electron chi connectivity index (χ0n) is 16.9. The molecule has 0 aliphatic heterocycles. The van der Waals surface area contributed by atoms with Crippen LogP contribution in [0.2, 0.25) is 0 Å². The predicted octanol–water partition coefficient (Wildman–Crippen LogP) is 5.66. The number of methoxy groups -OCH3 is 2. The van der Waals surface area contributed by atoms with Crippen LogP contribution < -0.4 is 9.47 Å². The fraction of sp³-hybridized carbons (Fsp3) is 0.0714. The average molecular weight is 388 g/mol. The molecule has 0 saturated heterocycles. The molecule has 0 atom stereocenters. The number of benzene rings is 4. The van der Waals surface area contributed by atoms with Crippen LogP contribution in [0.1, 0.15) is 22.3 Å². The van der Waals surface area contributed by atoms with Crippen molar-refractivity contribution in [2.45, 2.75) is 0 Å². The molecule has 0 saturated carbocycles. The van der Waals surface area contributed by atoms with Crippen LogP contribution >= 0.6 is 0 Å². The first-order valence-corrected chi connectivity index (χ1v) is 9.59. The summed E-state index contributed by atoms with van der Waals surface area (Å²) in [5, 5.41) is 2.28. The van der Waals surface area contributed by atoms with Crippen LogP contribution in [0.5, 0.6) is 11.5 Å². The Hall–Kier alpha value is -4.14. The number of rotatable bonds is 2. The highest BCUT2D eigenvalue weighted by Gasteiger charge is 2.00. The van der Waals surface area contributed by atoms with Crippen molar-refractivity contribution in [3.63, 3.8) is 0 Å². The van der Waals surface area contributed by atoms with Gasteiger partial charge in [-0.05, 0) is 59.3 Å². The molecule has 0 N–H and O–H groups in total. The summed E-state index contributed by atoms with van der Waals surface area (Å²) >= 11 is 0. The van der Waals surface area contributed by atoms with Gasteiger partial charge in [0.1, 0.15) is 11.5 Å². The maximum atomic E-state index is 5.31. The molecule has 0 bridgehead atoms. The zero-order valence-corrected chi connectivity index (χ0v) is 16.9. The van der Waals surface area contributed by atoms with Gasteiger partial charge in [0.15, 0.2) is 0 Å². The Balaban J connectivity index is 1.60. The minimum Gasteiger partial charge on any atom is -0.497 e. The molecular formula is C28H20O2. The van der Waals surface area contributed by atoms with Crippen molar-refractivity contribution in [2.75, 3.05) is 14.2 Å². The first-order valence-electron chi connectivity index (χ1n) is 9.59. The van der Waals surface area contributed by atoms with E-state index in [1.807, 2.05) is 60.7 Å². The highest BCUT2D eigenvalue weighted by Crippen LogP contribution is 2.22. The Kier molecular flexibility index (Phi) is 5.70. The molecule has 0 fully saturated rings. The number of hydrogen-bond donors (Lipinski definition) is 0. The van der Waals surface area contributed by atoms with Crippen molar-refractivity contribution in [2.24, 2.45) is 0 Å². The number of ether oxygens (including phenoxy) is 2. The zero-order chi connectivity index (χ0) is 20.8. The lowest BCUT2D eigenvalue weighted by Crippen LogP contribution is -1.88. The highest BCUT2D eigenvalue weighted by atomic mass is 16.5. The topological polar surface area (TPSA) is 18.5 Å². The van der Waals surface area contributed by atoms with E-state index in [2.05, 4.69) is 47.9 Å². The summed E-state index contributed by atoms with van der Waals surface area (Å²) in [5.41, 5.74) is 3.80. The van der Waals surface area contributed by atoms with E-state index in [0.717, 1.165) is 44.5 Å². The maximum Gasteiger partial charge on any atom is 0.123 e. The van der Waals surface area contributed by atoms with Gasteiger partial charge in [-0.2, -0.15) is 0 Å². The molecule has 0 amide bonds. The summed E-state index contributed by atoms with van der Waals surface area (Å²) < 4.78 is 10.6. The largest absolute Gasteiger partial charge is 0.497 e. The summed E-state index contributed by atoms with van der Waals surface area (Å²) in [6, 6.07) is 28.1. The molecule has 0 aromatic heterocycles. The molecular weight excluding hydrogens is 368 g/mol. The van der Waals surface area contributed by atoms with Gasteiger partial charge in [0.2, 0.25) is 0 Å². The van der Waals surface area contributed by atoms with Crippen molar-refractivity contribution < 1.29 is 9.47 Å². The van der Waals surface area contributed by atoms with E-state index in [0.29, 0.717) is 0 Å². The molecule has 0 heterocycles. The summed E-state index contributed by atoms with van der Waals surface area (Å²) in [6.07, 6.45) is 0. The molecule has 0 aliphatic rings. The highest BCUT2D eigenvalue weighted by molar-refractivity contribution is 5.85. The van der Waals surface area contributed by atoms with Crippen LogP contribution in [0, 0.1) is 23.7 Å². The van der Waals surface area contributed by atoms with Gasteiger partial charge in [-0.15, -0.1) is 0 Å². The van der Waals surface area contributed by atoms with E-state index >= 15 is 0 Å². The second-order valence-electron chi connectivity index (χ2n) is 6.74. The fourth-order valence-electron chi connectivity index (χ4n) is 3.09. The van der Waals surface area contributed by atoms with Crippen LogP contribution in [0.3, 0.4) is 0 Å². The Morgan fingerprint density at radius 3 is 1.50 bits per heavy atom. The molecule has 144 valence electrons. The van der Waals surface area contributed by atoms with Crippen LogP contribution in [0.4, 0.5) is 0 Å². The summed E-state index contributed by atoms with van der Waals surface area (Å²) in [7, 11) is 3.27.